The van der Waals surface area contributed by atoms with Crippen LogP contribution in [0.3, 0.4) is 0 Å². The van der Waals surface area contributed by atoms with Crippen molar-refractivity contribution in [1.29, 1.82) is 0 Å². The van der Waals surface area contributed by atoms with Crippen molar-refractivity contribution in [3.63, 3.8) is 0 Å². The van der Waals surface area contributed by atoms with Crippen molar-refractivity contribution in [3.05, 3.63) is 51.4 Å². The van der Waals surface area contributed by atoms with E-state index in [2.05, 4.69) is 32.2 Å². The molecule has 0 aliphatic carbocycles. The maximum atomic E-state index is 13.7. The van der Waals surface area contributed by atoms with E-state index >= 15 is 0 Å². The maximum absolute atomic E-state index is 13.7. The van der Waals surface area contributed by atoms with E-state index in [4.69, 9.17) is 20.0 Å². The summed E-state index contributed by atoms with van der Waals surface area (Å²) in [5.74, 6) is 0.102. The maximum Gasteiger partial charge on any atom is 0.279 e. The molecule has 4 atom stereocenters. The van der Waals surface area contributed by atoms with Gasteiger partial charge in [-0.1, -0.05) is 63.7 Å². The Morgan fingerprint density at radius 1 is 1.24 bits per heavy atom. The number of aromatic amines is 1. The van der Waals surface area contributed by atoms with Gasteiger partial charge in [0.15, 0.2) is 27.3 Å². The molecule has 2 aromatic heterocycles. The molecule has 41 heavy (non-hydrogen) atoms. The SMILES string of the molecule is CCCCCCC(C(C)N=[N+]=[N-])n1cnc2c(=O)[nH]c(-c3ccccc3S(=O)(=O)C3COC(OCCC)CN3)nc21. The highest BCUT2D eigenvalue weighted by atomic mass is 32.2. The molecule has 0 amide bonds. The largest absolute Gasteiger partial charge is 0.351 e. The first-order valence-corrected chi connectivity index (χ1v) is 15.7. The van der Waals surface area contributed by atoms with Crippen molar-refractivity contribution in [2.75, 3.05) is 19.8 Å². The van der Waals surface area contributed by atoms with Crippen LogP contribution in [0.15, 0.2) is 45.4 Å². The summed E-state index contributed by atoms with van der Waals surface area (Å²) in [6.45, 7) is 6.61. The van der Waals surface area contributed by atoms with Crippen LogP contribution in [-0.4, -0.2) is 65.4 Å². The number of fused-ring (bicyclic) bond motifs is 1. The van der Waals surface area contributed by atoms with E-state index in [1.165, 1.54) is 12.4 Å². The first-order chi connectivity index (χ1) is 19.8. The first-order valence-electron chi connectivity index (χ1n) is 14.1. The van der Waals surface area contributed by atoms with Crippen molar-refractivity contribution in [2.45, 2.75) is 87.9 Å². The van der Waals surface area contributed by atoms with Gasteiger partial charge in [0.1, 0.15) is 11.2 Å². The minimum absolute atomic E-state index is 0.0150. The summed E-state index contributed by atoms with van der Waals surface area (Å²) in [4.78, 5) is 27.9. The molecule has 3 heterocycles. The van der Waals surface area contributed by atoms with E-state index in [0.717, 1.165) is 32.1 Å². The summed E-state index contributed by atoms with van der Waals surface area (Å²) in [5, 5.41) is 5.95. The van der Waals surface area contributed by atoms with E-state index in [-0.39, 0.29) is 41.0 Å². The Hall–Kier alpha value is -3.29. The van der Waals surface area contributed by atoms with E-state index in [9.17, 15) is 13.2 Å². The number of ether oxygens (including phenoxy) is 2. The quantitative estimate of drug-likeness (QED) is 0.120. The number of unbranched alkanes of at least 4 members (excludes halogenated alkanes) is 3. The molecule has 1 saturated heterocycles. The first kappa shape index (κ1) is 30.7. The van der Waals surface area contributed by atoms with Gasteiger partial charge in [0.25, 0.3) is 5.56 Å². The number of nitrogens with one attached hydrogen (secondary N) is 2. The molecule has 1 aromatic carbocycles. The molecule has 3 aromatic rings. The van der Waals surface area contributed by atoms with Crippen molar-refractivity contribution >= 4 is 21.0 Å². The van der Waals surface area contributed by atoms with Crippen LogP contribution in [0.5, 0.6) is 0 Å². The topological polar surface area (TPSA) is 177 Å². The van der Waals surface area contributed by atoms with E-state index in [0.29, 0.717) is 18.7 Å². The van der Waals surface area contributed by atoms with Crippen LogP contribution in [-0.2, 0) is 19.3 Å². The monoisotopic (exact) mass is 586 g/mol. The minimum Gasteiger partial charge on any atom is -0.351 e. The van der Waals surface area contributed by atoms with Gasteiger partial charge in [-0.05, 0) is 30.5 Å². The number of imidazole rings is 1. The molecule has 14 heteroatoms. The zero-order valence-corrected chi connectivity index (χ0v) is 24.5. The number of hydrogen-bond acceptors (Lipinski definition) is 9. The van der Waals surface area contributed by atoms with Crippen molar-refractivity contribution in [1.82, 2.24) is 24.8 Å². The van der Waals surface area contributed by atoms with Gasteiger partial charge in [-0.15, -0.1) is 0 Å². The summed E-state index contributed by atoms with van der Waals surface area (Å²) in [7, 11) is -3.93. The number of H-pyrrole nitrogens is 1. The Kier molecular flexibility index (Phi) is 10.5. The van der Waals surface area contributed by atoms with E-state index in [1.807, 2.05) is 13.8 Å². The van der Waals surface area contributed by atoms with Crippen LogP contribution in [0.25, 0.3) is 33.0 Å². The molecule has 1 fully saturated rings. The Bertz CT molecular complexity index is 1520. The third-order valence-corrected chi connectivity index (χ3v) is 9.23. The predicted molar refractivity (Wildman–Crippen MR) is 155 cm³/mol. The molecule has 4 rings (SSSR count). The third-order valence-electron chi connectivity index (χ3n) is 7.21. The van der Waals surface area contributed by atoms with Gasteiger partial charge in [0.2, 0.25) is 0 Å². The summed E-state index contributed by atoms with van der Waals surface area (Å²) in [6.07, 6.45) is 6.66. The van der Waals surface area contributed by atoms with Crippen LogP contribution in [0.1, 0.15) is 65.3 Å². The Morgan fingerprint density at radius 2 is 2.05 bits per heavy atom. The lowest BCUT2D eigenvalue weighted by molar-refractivity contribution is -0.156. The van der Waals surface area contributed by atoms with Gasteiger partial charge in [-0.25, -0.2) is 18.4 Å². The molecule has 222 valence electrons. The number of hydrogen-bond donors (Lipinski definition) is 2. The summed E-state index contributed by atoms with van der Waals surface area (Å²) in [5.41, 5.74) is 9.28. The van der Waals surface area contributed by atoms with Crippen LogP contribution < -0.4 is 10.9 Å². The Balaban J connectivity index is 1.71. The number of rotatable bonds is 14. The highest BCUT2D eigenvalue weighted by Crippen LogP contribution is 2.30. The predicted octanol–water partition coefficient (Wildman–Crippen LogP) is 4.47. The van der Waals surface area contributed by atoms with Crippen molar-refractivity contribution in [2.24, 2.45) is 5.11 Å². The van der Waals surface area contributed by atoms with Crippen LogP contribution in [0.2, 0.25) is 0 Å². The number of aromatic nitrogens is 4. The lowest BCUT2D eigenvalue weighted by Crippen LogP contribution is -2.51. The lowest BCUT2D eigenvalue weighted by Gasteiger charge is -2.30. The highest BCUT2D eigenvalue weighted by Gasteiger charge is 2.35. The Labute approximate surface area is 239 Å². The van der Waals surface area contributed by atoms with Crippen LogP contribution >= 0.6 is 0 Å². The van der Waals surface area contributed by atoms with Gasteiger partial charge in [0.05, 0.1) is 23.9 Å². The molecule has 0 saturated carbocycles. The van der Waals surface area contributed by atoms with Crippen molar-refractivity contribution in [3.8, 4) is 11.4 Å². The number of morpholine rings is 1. The average molecular weight is 587 g/mol. The standard InChI is InChI=1S/C27H38N8O5S/c1-4-6-7-8-12-20(18(3)33-34-28)35-17-30-24-26(35)31-25(32-27(24)36)19-11-9-10-13-21(19)41(37,38)22-16-40-23(15-29-22)39-14-5-2/h9-11,13,17-18,20,22-23,29H,4-8,12,14-16H2,1-3H3,(H,31,32,36). The van der Waals surface area contributed by atoms with Gasteiger partial charge in [-0.2, -0.15) is 0 Å². The molecule has 13 nitrogen and oxygen atoms in total. The Morgan fingerprint density at radius 3 is 2.76 bits per heavy atom. The van der Waals surface area contributed by atoms with Gasteiger partial charge < -0.3 is 19.0 Å². The zero-order chi connectivity index (χ0) is 29.4. The fourth-order valence-electron chi connectivity index (χ4n) is 5.01. The molecule has 1 aliphatic rings. The van der Waals surface area contributed by atoms with Gasteiger partial charge in [0, 0.05) is 29.7 Å². The fourth-order valence-corrected chi connectivity index (χ4v) is 6.63. The second-order valence-corrected chi connectivity index (χ2v) is 12.3. The van der Waals surface area contributed by atoms with Crippen LogP contribution in [0.4, 0.5) is 0 Å². The molecular formula is C27H38N8O5S. The number of benzene rings is 1. The second-order valence-electron chi connectivity index (χ2n) is 10.2. The second kappa shape index (κ2) is 14.1. The highest BCUT2D eigenvalue weighted by molar-refractivity contribution is 7.92. The minimum atomic E-state index is -3.93. The normalized spacial score (nSPS) is 19.1. The molecule has 0 spiro atoms. The fraction of sp³-hybridized carbons (Fsp3) is 0.593. The van der Waals surface area contributed by atoms with Crippen molar-refractivity contribution < 1.29 is 17.9 Å². The van der Waals surface area contributed by atoms with Crippen LogP contribution in [0, 0.1) is 0 Å². The average Bonchev–Trinajstić information content (AvgIpc) is 3.40. The molecule has 4 unspecified atom stereocenters. The number of nitrogens with zero attached hydrogens (tertiary/aromatic N) is 6. The number of azide groups is 1. The summed E-state index contributed by atoms with van der Waals surface area (Å²) in [6, 6.07) is 5.73. The molecule has 0 radical (unpaired) electrons. The van der Waals surface area contributed by atoms with Gasteiger partial charge in [-0.3, -0.25) is 10.1 Å². The van der Waals surface area contributed by atoms with E-state index < -0.39 is 33.1 Å². The van der Waals surface area contributed by atoms with E-state index in [1.54, 1.807) is 22.8 Å². The molecule has 0 bridgehead atoms. The molecule has 2 N–H and O–H groups in total. The van der Waals surface area contributed by atoms with Gasteiger partial charge >= 0.3 is 0 Å². The molecule has 1 aliphatic heterocycles. The third kappa shape index (κ3) is 6.96. The smallest absolute Gasteiger partial charge is 0.279 e. The zero-order valence-electron chi connectivity index (χ0n) is 23.7. The number of sulfone groups is 1. The summed E-state index contributed by atoms with van der Waals surface area (Å²) < 4.78 is 40.5. The summed E-state index contributed by atoms with van der Waals surface area (Å²) >= 11 is 0. The lowest BCUT2D eigenvalue weighted by atomic mass is 10.0. The molecular weight excluding hydrogens is 548 g/mol.